The van der Waals surface area contributed by atoms with Crippen LogP contribution in [0.4, 0.5) is 5.69 Å². The molecule has 3 aromatic carbocycles. The highest BCUT2D eigenvalue weighted by Crippen LogP contribution is 2.50. The van der Waals surface area contributed by atoms with Gasteiger partial charge in [-0.05, 0) is 44.3 Å². The van der Waals surface area contributed by atoms with Crippen molar-refractivity contribution in [3.05, 3.63) is 77.4 Å². The van der Waals surface area contributed by atoms with E-state index in [2.05, 4.69) is 71.5 Å². The molecule has 1 atom stereocenters. The van der Waals surface area contributed by atoms with E-state index in [1.165, 1.54) is 38.0 Å². The zero-order valence-corrected chi connectivity index (χ0v) is 13.4. The number of nitrogens with one attached hydrogen (secondary N) is 1. The van der Waals surface area contributed by atoms with Crippen molar-refractivity contribution >= 4 is 44.3 Å². The Hall–Kier alpha value is -1.84. The van der Waals surface area contributed by atoms with Crippen LogP contribution in [0.1, 0.15) is 22.6 Å². The lowest BCUT2D eigenvalue weighted by atomic mass is 9.82. The Morgan fingerprint density at radius 2 is 1.68 bits per heavy atom. The number of allylic oxidation sites excluding steroid dienone is 1. The Morgan fingerprint density at radius 3 is 2.64 bits per heavy atom. The van der Waals surface area contributed by atoms with Crippen LogP contribution in [0, 0.1) is 0 Å². The zero-order chi connectivity index (χ0) is 14.5. The highest BCUT2D eigenvalue weighted by atomic mass is 33.1. The number of hydrogen-bond acceptors (Lipinski definition) is 3. The first-order chi connectivity index (χ1) is 10.9. The lowest BCUT2D eigenvalue weighted by Crippen LogP contribution is -2.05. The summed E-state index contributed by atoms with van der Waals surface area (Å²) in [5, 5.41) is 2.72. The average Bonchev–Trinajstić information content (AvgIpc) is 3.05. The van der Waals surface area contributed by atoms with Gasteiger partial charge in [-0.15, -0.1) is 0 Å². The quantitative estimate of drug-likeness (QED) is 0.431. The summed E-state index contributed by atoms with van der Waals surface area (Å²) in [6.45, 7) is 0. The summed E-state index contributed by atoms with van der Waals surface area (Å²) >= 11 is 0. The van der Waals surface area contributed by atoms with Gasteiger partial charge in [0, 0.05) is 21.8 Å². The summed E-state index contributed by atoms with van der Waals surface area (Å²) in [4.78, 5) is 1.34. The number of hydrogen-bond donors (Lipinski definition) is 1. The number of fused-ring (bicyclic) bond motifs is 1. The van der Waals surface area contributed by atoms with Crippen molar-refractivity contribution in [1.29, 1.82) is 0 Å². The Labute approximate surface area is 137 Å². The number of anilines is 1. The summed E-state index contributed by atoms with van der Waals surface area (Å²) in [6.07, 6.45) is 4.61. The topological polar surface area (TPSA) is 12.0 Å². The summed E-state index contributed by atoms with van der Waals surface area (Å²) in [7, 11) is 3.51. The van der Waals surface area contributed by atoms with Crippen molar-refractivity contribution < 1.29 is 0 Å². The third-order valence-corrected chi connectivity index (χ3v) is 6.37. The van der Waals surface area contributed by atoms with Crippen molar-refractivity contribution in [1.82, 2.24) is 0 Å². The minimum absolute atomic E-state index is 0.320. The van der Waals surface area contributed by atoms with Crippen LogP contribution in [-0.4, -0.2) is 0 Å². The van der Waals surface area contributed by atoms with Gasteiger partial charge in [0.25, 0.3) is 0 Å². The molecule has 0 bridgehead atoms. The molecule has 0 saturated heterocycles. The molecule has 5 rings (SSSR count). The first-order valence-corrected chi connectivity index (χ1v) is 9.49. The maximum atomic E-state index is 3.47. The van der Waals surface area contributed by atoms with E-state index >= 15 is 0 Å². The molecule has 1 aliphatic heterocycles. The van der Waals surface area contributed by atoms with E-state index in [-0.39, 0.29) is 0 Å². The van der Waals surface area contributed by atoms with Gasteiger partial charge in [0.2, 0.25) is 0 Å². The van der Waals surface area contributed by atoms with Gasteiger partial charge in [-0.1, -0.05) is 60.7 Å². The van der Waals surface area contributed by atoms with Crippen molar-refractivity contribution in [3.8, 4) is 0 Å². The molecule has 1 N–H and O–H groups in total. The molecule has 22 heavy (non-hydrogen) atoms. The number of rotatable bonds is 1. The van der Waals surface area contributed by atoms with Gasteiger partial charge in [0.1, 0.15) is 0 Å². The molecule has 0 amide bonds. The van der Waals surface area contributed by atoms with Crippen LogP contribution in [0.2, 0.25) is 0 Å². The predicted octanol–water partition coefficient (Wildman–Crippen LogP) is 6.08. The second kappa shape index (κ2) is 4.83. The van der Waals surface area contributed by atoms with Crippen LogP contribution in [0.3, 0.4) is 0 Å². The van der Waals surface area contributed by atoms with Crippen molar-refractivity contribution in [2.45, 2.75) is 10.8 Å². The van der Waals surface area contributed by atoms with Gasteiger partial charge >= 0.3 is 0 Å². The van der Waals surface area contributed by atoms with E-state index in [9.17, 15) is 0 Å². The third-order valence-electron chi connectivity index (χ3n) is 4.44. The van der Waals surface area contributed by atoms with Crippen LogP contribution < -0.4 is 4.72 Å². The molecule has 2 aliphatic rings. The Balaban J connectivity index is 1.78. The fraction of sp³-hybridized carbons (Fsp3) is 0.0526. The van der Waals surface area contributed by atoms with E-state index in [4.69, 9.17) is 0 Å². The normalized spacial score (nSPS) is 18.3. The van der Waals surface area contributed by atoms with Crippen LogP contribution in [0.5, 0.6) is 0 Å². The molecule has 106 valence electrons. The fourth-order valence-corrected chi connectivity index (χ4v) is 5.42. The van der Waals surface area contributed by atoms with Gasteiger partial charge in [-0.2, -0.15) is 0 Å². The molecule has 3 aromatic rings. The molecule has 1 aliphatic carbocycles. The van der Waals surface area contributed by atoms with Gasteiger partial charge in [-0.3, -0.25) is 0 Å². The molecule has 1 heterocycles. The van der Waals surface area contributed by atoms with Gasteiger partial charge in [0.15, 0.2) is 0 Å². The Kier molecular flexibility index (Phi) is 2.79. The molecule has 0 radical (unpaired) electrons. The standard InChI is InChI=1S/C19H13NS2/c1-4-12-6-2-7-15-14(11-10-13(5-1)18(12)15)16-8-3-9-17-19(16)20-22-21-17/h1-11,14,20H. The second-order valence-corrected chi connectivity index (χ2v) is 7.60. The van der Waals surface area contributed by atoms with E-state index in [1.807, 2.05) is 0 Å². The highest BCUT2D eigenvalue weighted by molar-refractivity contribution is 8.77. The summed E-state index contributed by atoms with van der Waals surface area (Å²) in [6, 6.07) is 19.8. The van der Waals surface area contributed by atoms with E-state index in [0.29, 0.717) is 5.92 Å². The van der Waals surface area contributed by atoms with Crippen molar-refractivity contribution in [3.63, 3.8) is 0 Å². The van der Waals surface area contributed by atoms with Gasteiger partial charge in [-0.25, -0.2) is 0 Å². The fourth-order valence-electron chi connectivity index (χ4n) is 3.47. The van der Waals surface area contributed by atoms with Crippen LogP contribution >= 0.6 is 21.8 Å². The third kappa shape index (κ3) is 1.76. The molecule has 0 aromatic heterocycles. The van der Waals surface area contributed by atoms with Gasteiger partial charge in [0.05, 0.1) is 5.69 Å². The molecule has 1 unspecified atom stereocenters. The monoisotopic (exact) mass is 319 g/mol. The molecular formula is C19H13NS2. The molecule has 3 heteroatoms. The maximum absolute atomic E-state index is 3.47. The number of para-hydroxylation sites is 1. The zero-order valence-electron chi connectivity index (χ0n) is 11.7. The average molecular weight is 319 g/mol. The van der Waals surface area contributed by atoms with Crippen LogP contribution in [0.25, 0.3) is 16.8 Å². The van der Waals surface area contributed by atoms with E-state index < -0.39 is 0 Å². The minimum Gasteiger partial charge on any atom is -0.319 e. The first kappa shape index (κ1) is 12.7. The second-order valence-electron chi connectivity index (χ2n) is 5.62. The minimum atomic E-state index is 0.320. The van der Waals surface area contributed by atoms with E-state index in [0.717, 1.165) is 0 Å². The van der Waals surface area contributed by atoms with Crippen LogP contribution in [-0.2, 0) is 0 Å². The lowest BCUT2D eigenvalue weighted by molar-refractivity contribution is 1.03. The van der Waals surface area contributed by atoms with Gasteiger partial charge < -0.3 is 4.72 Å². The molecule has 0 saturated carbocycles. The SMILES string of the molecule is C1=CC(c2cccc3c2NSS3)c2cccc3cccc1c23. The summed E-state index contributed by atoms with van der Waals surface area (Å²) in [5.74, 6) is 0.320. The number of benzene rings is 3. The molecule has 0 fully saturated rings. The van der Waals surface area contributed by atoms with E-state index in [1.54, 1.807) is 21.8 Å². The first-order valence-electron chi connectivity index (χ1n) is 7.34. The maximum Gasteiger partial charge on any atom is 0.0635 e. The largest absolute Gasteiger partial charge is 0.319 e. The Morgan fingerprint density at radius 1 is 0.864 bits per heavy atom. The summed E-state index contributed by atoms with van der Waals surface area (Å²) < 4.78 is 3.47. The van der Waals surface area contributed by atoms with Crippen molar-refractivity contribution in [2.24, 2.45) is 0 Å². The smallest absolute Gasteiger partial charge is 0.0635 e. The molecular weight excluding hydrogens is 306 g/mol. The highest BCUT2D eigenvalue weighted by Gasteiger charge is 2.24. The molecule has 0 spiro atoms. The Bertz CT molecular complexity index is 925. The lowest BCUT2D eigenvalue weighted by Gasteiger charge is -2.23. The molecule has 1 nitrogen and oxygen atoms in total. The van der Waals surface area contributed by atoms with Crippen molar-refractivity contribution in [2.75, 3.05) is 4.72 Å². The van der Waals surface area contributed by atoms with Crippen LogP contribution in [0.15, 0.2) is 65.6 Å². The predicted molar refractivity (Wildman–Crippen MR) is 98.3 cm³/mol. The summed E-state index contributed by atoms with van der Waals surface area (Å²) in [5.41, 5.74) is 5.39.